The number of aryl methyl sites for hydroxylation is 1. The highest BCUT2D eigenvalue weighted by atomic mass is 35.5. The average molecular weight is 382 g/mol. The van der Waals surface area contributed by atoms with Crippen LogP contribution in [-0.2, 0) is 4.74 Å². The minimum Gasteiger partial charge on any atom is -0.454 e. The van der Waals surface area contributed by atoms with Crippen LogP contribution in [-0.4, -0.2) is 31.5 Å². The fraction of sp³-hybridized carbons (Fsp3) is 0.350. The summed E-state index contributed by atoms with van der Waals surface area (Å²) in [6.45, 7) is 4.77. The summed E-state index contributed by atoms with van der Waals surface area (Å²) in [4.78, 5) is 14.7. The predicted molar refractivity (Wildman–Crippen MR) is 106 cm³/mol. The molecule has 0 bridgehead atoms. The standard InChI is InChI=1S/C20H24ClNO2.ClH/c1-14-6-5-7-18(15(14)2)20(23)24-19(12-13-22(3)4)16-8-10-17(21)11-9-16;/h5-11,19H,12-13H2,1-4H3;1H. The van der Waals surface area contributed by atoms with E-state index >= 15 is 0 Å². The lowest BCUT2D eigenvalue weighted by molar-refractivity contribution is 0.0260. The predicted octanol–water partition coefficient (Wildman–Crippen LogP) is 5.23. The van der Waals surface area contributed by atoms with Gasteiger partial charge in [0.2, 0.25) is 0 Å². The van der Waals surface area contributed by atoms with Gasteiger partial charge in [-0.3, -0.25) is 0 Å². The van der Waals surface area contributed by atoms with Crippen LogP contribution < -0.4 is 0 Å². The summed E-state index contributed by atoms with van der Waals surface area (Å²) >= 11 is 5.97. The van der Waals surface area contributed by atoms with Crippen molar-refractivity contribution in [2.75, 3.05) is 20.6 Å². The van der Waals surface area contributed by atoms with Gasteiger partial charge in [-0.15, -0.1) is 12.4 Å². The number of carbonyl (C=O) groups excluding carboxylic acids is 1. The molecule has 0 aliphatic rings. The molecule has 2 aromatic carbocycles. The zero-order valence-electron chi connectivity index (χ0n) is 15.1. The second-order valence-electron chi connectivity index (χ2n) is 6.28. The monoisotopic (exact) mass is 381 g/mol. The number of nitrogens with zero attached hydrogens (tertiary/aromatic N) is 1. The Bertz CT molecular complexity index is 699. The van der Waals surface area contributed by atoms with Crippen molar-refractivity contribution in [3.8, 4) is 0 Å². The van der Waals surface area contributed by atoms with Crippen LogP contribution in [0.2, 0.25) is 5.02 Å². The van der Waals surface area contributed by atoms with E-state index in [9.17, 15) is 4.79 Å². The Balaban J connectivity index is 0.00000312. The second-order valence-corrected chi connectivity index (χ2v) is 6.72. The molecule has 25 heavy (non-hydrogen) atoms. The van der Waals surface area contributed by atoms with Gasteiger partial charge in [-0.2, -0.15) is 0 Å². The first kappa shape index (κ1) is 21.5. The molecule has 3 nitrogen and oxygen atoms in total. The molecule has 2 rings (SSSR count). The van der Waals surface area contributed by atoms with E-state index in [0.717, 1.165) is 29.7 Å². The molecule has 2 aromatic rings. The van der Waals surface area contributed by atoms with Gasteiger partial charge in [0.15, 0.2) is 0 Å². The molecule has 0 aromatic heterocycles. The summed E-state index contributed by atoms with van der Waals surface area (Å²) in [6.07, 6.45) is 0.433. The zero-order chi connectivity index (χ0) is 17.7. The van der Waals surface area contributed by atoms with Crippen molar-refractivity contribution in [1.29, 1.82) is 0 Å². The summed E-state index contributed by atoms with van der Waals surface area (Å²) < 4.78 is 5.84. The van der Waals surface area contributed by atoms with E-state index in [1.807, 2.05) is 70.4 Å². The van der Waals surface area contributed by atoms with Crippen molar-refractivity contribution in [2.45, 2.75) is 26.4 Å². The first-order chi connectivity index (χ1) is 11.4. The molecule has 5 heteroatoms. The third-order valence-corrected chi connectivity index (χ3v) is 4.41. The van der Waals surface area contributed by atoms with Crippen LogP contribution in [0.1, 0.15) is 39.6 Å². The number of carbonyl (C=O) groups is 1. The number of esters is 1. The molecule has 1 unspecified atom stereocenters. The quantitative estimate of drug-likeness (QED) is 0.641. The van der Waals surface area contributed by atoms with Gasteiger partial charge in [-0.1, -0.05) is 35.9 Å². The Kier molecular flexibility index (Phi) is 8.43. The van der Waals surface area contributed by atoms with Crippen molar-refractivity contribution in [1.82, 2.24) is 4.90 Å². The molecular weight excluding hydrogens is 357 g/mol. The van der Waals surface area contributed by atoms with Gasteiger partial charge < -0.3 is 9.64 Å². The summed E-state index contributed by atoms with van der Waals surface area (Å²) in [5.74, 6) is -0.282. The number of benzene rings is 2. The fourth-order valence-corrected chi connectivity index (χ4v) is 2.64. The average Bonchev–Trinajstić information content (AvgIpc) is 2.54. The molecule has 0 aliphatic carbocycles. The van der Waals surface area contributed by atoms with E-state index in [2.05, 4.69) is 4.90 Å². The SMILES string of the molecule is Cc1cccc(C(=O)OC(CCN(C)C)c2ccc(Cl)cc2)c1C.Cl. The number of hydrogen-bond acceptors (Lipinski definition) is 3. The zero-order valence-corrected chi connectivity index (χ0v) is 16.7. The first-order valence-corrected chi connectivity index (χ1v) is 8.43. The fourth-order valence-electron chi connectivity index (χ4n) is 2.51. The Morgan fingerprint density at radius 3 is 2.36 bits per heavy atom. The highest BCUT2D eigenvalue weighted by Gasteiger charge is 2.20. The minimum absolute atomic E-state index is 0. The second kappa shape index (κ2) is 9.81. The summed E-state index contributed by atoms with van der Waals surface area (Å²) in [7, 11) is 4.01. The van der Waals surface area contributed by atoms with Crippen molar-refractivity contribution in [3.63, 3.8) is 0 Å². The van der Waals surface area contributed by atoms with E-state index in [1.165, 1.54) is 0 Å². The minimum atomic E-state index is -0.294. The third kappa shape index (κ3) is 6.03. The van der Waals surface area contributed by atoms with Gasteiger partial charge in [0.1, 0.15) is 6.10 Å². The van der Waals surface area contributed by atoms with Crippen LogP contribution in [0.25, 0.3) is 0 Å². The Hall–Kier alpha value is -1.55. The summed E-state index contributed by atoms with van der Waals surface area (Å²) in [5.41, 5.74) is 3.63. The van der Waals surface area contributed by atoms with Crippen molar-refractivity contribution in [3.05, 3.63) is 69.7 Å². The van der Waals surface area contributed by atoms with Gasteiger partial charge in [-0.05, 0) is 62.8 Å². The molecule has 0 saturated heterocycles. The Labute approximate surface area is 161 Å². The molecule has 1 atom stereocenters. The lowest BCUT2D eigenvalue weighted by atomic mass is 10.0. The van der Waals surface area contributed by atoms with Crippen LogP contribution in [0.15, 0.2) is 42.5 Å². The number of rotatable bonds is 6. The molecule has 0 saturated carbocycles. The van der Waals surface area contributed by atoms with Gasteiger partial charge in [-0.25, -0.2) is 4.79 Å². The lowest BCUT2D eigenvalue weighted by Gasteiger charge is -2.21. The Morgan fingerprint density at radius 2 is 1.76 bits per heavy atom. The molecule has 0 fully saturated rings. The maximum Gasteiger partial charge on any atom is 0.339 e. The first-order valence-electron chi connectivity index (χ1n) is 8.06. The molecular formula is C20H25Cl2NO2. The van der Waals surface area contributed by atoms with E-state index in [-0.39, 0.29) is 24.5 Å². The van der Waals surface area contributed by atoms with Gasteiger partial charge in [0, 0.05) is 18.0 Å². The third-order valence-electron chi connectivity index (χ3n) is 4.15. The Morgan fingerprint density at radius 1 is 1.12 bits per heavy atom. The molecule has 0 heterocycles. The van der Waals surface area contributed by atoms with Gasteiger partial charge in [0.05, 0.1) is 5.56 Å². The van der Waals surface area contributed by atoms with Crippen molar-refractivity contribution < 1.29 is 9.53 Å². The van der Waals surface area contributed by atoms with E-state index in [1.54, 1.807) is 0 Å². The maximum absolute atomic E-state index is 12.7. The molecule has 0 amide bonds. The van der Waals surface area contributed by atoms with Crippen molar-refractivity contribution in [2.24, 2.45) is 0 Å². The normalized spacial score (nSPS) is 11.8. The van der Waals surface area contributed by atoms with Crippen LogP contribution in [0.5, 0.6) is 0 Å². The van der Waals surface area contributed by atoms with Crippen molar-refractivity contribution >= 4 is 30.0 Å². The molecule has 0 radical (unpaired) electrons. The largest absolute Gasteiger partial charge is 0.454 e. The van der Waals surface area contributed by atoms with E-state index < -0.39 is 0 Å². The summed E-state index contributed by atoms with van der Waals surface area (Å²) in [6, 6.07) is 13.2. The van der Waals surface area contributed by atoms with Gasteiger partial charge >= 0.3 is 5.97 Å². The van der Waals surface area contributed by atoms with E-state index in [0.29, 0.717) is 10.6 Å². The number of ether oxygens (including phenoxy) is 1. The highest BCUT2D eigenvalue weighted by molar-refractivity contribution is 6.30. The summed E-state index contributed by atoms with van der Waals surface area (Å²) in [5, 5.41) is 0.672. The number of halogens is 2. The van der Waals surface area contributed by atoms with E-state index in [4.69, 9.17) is 16.3 Å². The maximum atomic E-state index is 12.7. The molecule has 0 N–H and O–H groups in total. The van der Waals surface area contributed by atoms with Crippen LogP contribution in [0, 0.1) is 13.8 Å². The van der Waals surface area contributed by atoms with Crippen LogP contribution in [0.3, 0.4) is 0 Å². The van der Waals surface area contributed by atoms with Crippen LogP contribution in [0.4, 0.5) is 0 Å². The highest BCUT2D eigenvalue weighted by Crippen LogP contribution is 2.25. The van der Waals surface area contributed by atoms with Gasteiger partial charge in [0.25, 0.3) is 0 Å². The molecule has 0 spiro atoms. The van der Waals surface area contributed by atoms with Crippen LogP contribution >= 0.6 is 24.0 Å². The smallest absolute Gasteiger partial charge is 0.339 e. The number of hydrogen-bond donors (Lipinski definition) is 0. The topological polar surface area (TPSA) is 29.5 Å². The molecule has 0 aliphatic heterocycles. The lowest BCUT2D eigenvalue weighted by Crippen LogP contribution is -2.20. The molecule has 136 valence electrons.